The third kappa shape index (κ3) is 3.24. The van der Waals surface area contributed by atoms with Gasteiger partial charge < -0.3 is 9.42 Å². The van der Waals surface area contributed by atoms with E-state index in [-0.39, 0.29) is 17.6 Å². The molecule has 0 N–H and O–H groups in total. The monoisotopic (exact) mass is 333 g/mol. The topological polar surface area (TPSA) is 59.2 Å². The molecule has 1 saturated heterocycles. The van der Waals surface area contributed by atoms with Crippen LogP contribution in [0.4, 0.5) is 4.39 Å². The smallest absolute Gasteiger partial charge is 0.233 e. The number of carbonyl (C=O) groups is 1. The van der Waals surface area contributed by atoms with E-state index in [1.807, 2.05) is 0 Å². The van der Waals surface area contributed by atoms with Gasteiger partial charge in [-0.1, -0.05) is 5.16 Å². The second-order valence-corrected chi connectivity index (χ2v) is 7.05. The van der Waals surface area contributed by atoms with Gasteiger partial charge in [0, 0.05) is 23.9 Å². The predicted molar refractivity (Wildman–Crippen MR) is 82.7 cm³/mol. The number of aromatic nitrogens is 2. The molecule has 1 aliphatic carbocycles. The zero-order valence-electron chi connectivity index (χ0n) is 12.4. The summed E-state index contributed by atoms with van der Waals surface area (Å²) in [7, 11) is 0. The molecule has 5 nitrogen and oxygen atoms in total. The Hall–Kier alpha value is -1.89. The van der Waals surface area contributed by atoms with Crippen LogP contribution in [0.2, 0.25) is 0 Å². The molecule has 1 amide bonds. The van der Waals surface area contributed by atoms with Gasteiger partial charge in [-0.3, -0.25) is 4.79 Å². The van der Waals surface area contributed by atoms with Gasteiger partial charge >= 0.3 is 0 Å². The fraction of sp³-hybridized carbons (Fsp3) is 0.438. The first-order valence-electron chi connectivity index (χ1n) is 7.68. The minimum Gasteiger partial charge on any atom is -0.340 e. The molecular formula is C16H16FN3O2S. The van der Waals surface area contributed by atoms with E-state index in [1.54, 1.807) is 17.0 Å². The van der Waals surface area contributed by atoms with Gasteiger partial charge in [-0.15, -0.1) is 11.8 Å². The molecule has 0 atom stereocenters. The van der Waals surface area contributed by atoms with Crippen molar-refractivity contribution < 1.29 is 13.7 Å². The maximum Gasteiger partial charge on any atom is 0.233 e. The molecule has 2 fully saturated rings. The second kappa shape index (κ2) is 5.96. The molecule has 23 heavy (non-hydrogen) atoms. The standard InChI is InChI=1S/C16H16FN3O2S/c17-12-3-5-13(6-4-12)23-9-14(21)20-7-11(8-20)16-18-15(19-22-16)10-1-2-10/h3-6,10-11H,1-2,7-9H2. The summed E-state index contributed by atoms with van der Waals surface area (Å²) in [5.41, 5.74) is 0. The molecule has 1 saturated carbocycles. The van der Waals surface area contributed by atoms with E-state index in [9.17, 15) is 9.18 Å². The van der Waals surface area contributed by atoms with Crippen LogP contribution in [-0.4, -0.2) is 39.8 Å². The summed E-state index contributed by atoms with van der Waals surface area (Å²) in [6, 6.07) is 6.17. The molecule has 0 radical (unpaired) electrons. The summed E-state index contributed by atoms with van der Waals surface area (Å²) in [4.78, 5) is 19.2. The fourth-order valence-corrected chi connectivity index (χ4v) is 3.33. The number of benzene rings is 1. The summed E-state index contributed by atoms with van der Waals surface area (Å²) in [6.45, 7) is 1.27. The van der Waals surface area contributed by atoms with Gasteiger partial charge in [0.2, 0.25) is 11.8 Å². The molecule has 0 spiro atoms. The molecule has 1 aromatic heterocycles. The van der Waals surface area contributed by atoms with Crippen LogP contribution in [0, 0.1) is 5.82 Å². The Morgan fingerprint density at radius 3 is 2.70 bits per heavy atom. The Bertz CT molecular complexity index is 708. The third-order valence-electron chi connectivity index (χ3n) is 4.16. The number of nitrogens with zero attached hydrogens (tertiary/aromatic N) is 3. The van der Waals surface area contributed by atoms with E-state index in [0.717, 1.165) is 23.6 Å². The molecule has 2 aromatic rings. The fourth-order valence-electron chi connectivity index (χ4n) is 2.53. The third-order valence-corrected chi connectivity index (χ3v) is 5.16. The van der Waals surface area contributed by atoms with Crippen molar-refractivity contribution in [2.24, 2.45) is 0 Å². The zero-order valence-corrected chi connectivity index (χ0v) is 13.3. The molecule has 0 bridgehead atoms. The summed E-state index contributed by atoms with van der Waals surface area (Å²) in [6.07, 6.45) is 2.30. The van der Waals surface area contributed by atoms with Crippen molar-refractivity contribution in [2.75, 3.05) is 18.8 Å². The van der Waals surface area contributed by atoms with Crippen LogP contribution in [0.15, 0.2) is 33.7 Å². The van der Waals surface area contributed by atoms with Crippen molar-refractivity contribution in [3.05, 3.63) is 41.8 Å². The van der Waals surface area contributed by atoms with Crippen molar-refractivity contribution in [3.8, 4) is 0 Å². The number of halogens is 1. The summed E-state index contributed by atoms with van der Waals surface area (Å²) in [5, 5.41) is 4.01. The number of amides is 1. The Kier molecular flexibility index (Phi) is 3.80. The van der Waals surface area contributed by atoms with Gasteiger partial charge in [0.25, 0.3) is 0 Å². The largest absolute Gasteiger partial charge is 0.340 e. The average molecular weight is 333 g/mol. The first-order chi connectivity index (χ1) is 11.2. The average Bonchev–Trinajstić information content (AvgIpc) is 3.25. The van der Waals surface area contributed by atoms with Crippen LogP contribution >= 0.6 is 11.8 Å². The van der Waals surface area contributed by atoms with Crippen LogP contribution in [0.1, 0.15) is 36.4 Å². The SMILES string of the molecule is O=C(CSc1ccc(F)cc1)N1CC(c2nc(C3CC3)no2)C1. The summed E-state index contributed by atoms with van der Waals surface area (Å²) in [5.74, 6) is 2.29. The maximum absolute atomic E-state index is 12.8. The van der Waals surface area contributed by atoms with Crippen molar-refractivity contribution >= 4 is 17.7 Å². The Balaban J connectivity index is 1.25. The number of likely N-dealkylation sites (tertiary alicyclic amines) is 1. The minimum absolute atomic E-state index is 0.0810. The lowest BCUT2D eigenvalue weighted by Crippen LogP contribution is -2.49. The van der Waals surface area contributed by atoms with Crippen molar-refractivity contribution in [3.63, 3.8) is 0 Å². The molecular weight excluding hydrogens is 317 g/mol. The molecule has 120 valence electrons. The van der Waals surface area contributed by atoms with Crippen LogP contribution in [0.5, 0.6) is 0 Å². The van der Waals surface area contributed by atoms with Gasteiger partial charge in [-0.25, -0.2) is 4.39 Å². The normalized spacial score (nSPS) is 18.0. The van der Waals surface area contributed by atoms with Gasteiger partial charge in [0.1, 0.15) is 5.82 Å². The van der Waals surface area contributed by atoms with Crippen molar-refractivity contribution in [2.45, 2.75) is 29.6 Å². The summed E-state index contributed by atoms with van der Waals surface area (Å²) >= 11 is 1.42. The van der Waals surface area contributed by atoms with E-state index >= 15 is 0 Å². The van der Waals surface area contributed by atoms with Crippen LogP contribution in [0.25, 0.3) is 0 Å². The van der Waals surface area contributed by atoms with E-state index in [2.05, 4.69) is 10.1 Å². The van der Waals surface area contributed by atoms with E-state index < -0.39 is 0 Å². The van der Waals surface area contributed by atoms with Crippen LogP contribution in [0.3, 0.4) is 0 Å². The number of thioether (sulfide) groups is 1. The minimum atomic E-state index is -0.267. The molecule has 0 unspecified atom stereocenters. The lowest BCUT2D eigenvalue weighted by molar-refractivity contribution is -0.133. The number of hydrogen-bond donors (Lipinski definition) is 0. The molecule has 4 rings (SSSR count). The van der Waals surface area contributed by atoms with Gasteiger partial charge in [0.15, 0.2) is 5.82 Å². The molecule has 1 aromatic carbocycles. The first kappa shape index (κ1) is 14.7. The van der Waals surface area contributed by atoms with Crippen molar-refractivity contribution in [1.82, 2.24) is 15.0 Å². The highest BCUT2D eigenvalue weighted by molar-refractivity contribution is 8.00. The predicted octanol–water partition coefficient (Wildman–Crippen LogP) is 2.80. The maximum atomic E-state index is 12.8. The number of carbonyl (C=O) groups excluding carboxylic acids is 1. The van der Waals surface area contributed by atoms with Gasteiger partial charge in [0.05, 0.1) is 11.7 Å². The van der Waals surface area contributed by atoms with Crippen molar-refractivity contribution in [1.29, 1.82) is 0 Å². The second-order valence-electron chi connectivity index (χ2n) is 6.00. The highest BCUT2D eigenvalue weighted by Gasteiger charge is 2.37. The Morgan fingerprint density at radius 2 is 2.00 bits per heavy atom. The Morgan fingerprint density at radius 1 is 1.26 bits per heavy atom. The lowest BCUT2D eigenvalue weighted by Gasteiger charge is -2.37. The highest BCUT2D eigenvalue weighted by Crippen LogP contribution is 2.39. The quantitative estimate of drug-likeness (QED) is 0.788. The highest BCUT2D eigenvalue weighted by atomic mass is 32.2. The van der Waals surface area contributed by atoms with E-state index in [0.29, 0.717) is 30.7 Å². The summed E-state index contributed by atoms with van der Waals surface area (Å²) < 4.78 is 18.1. The zero-order chi connectivity index (χ0) is 15.8. The first-order valence-corrected chi connectivity index (χ1v) is 8.67. The molecule has 7 heteroatoms. The Labute approximate surface area is 137 Å². The van der Waals surface area contributed by atoms with E-state index in [1.165, 1.54) is 23.9 Å². The molecule has 2 heterocycles. The van der Waals surface area contributed by atoms with Gasteiger partial charge in [-0.05, 0) is 37.1 Å². The van der Waals surface area contributed by atoms with Crippen LogP contribution in [-0.2, 0) is 4.79 Å². The van der Waals surface area contributed by atoms with Crippen LogP contribution < -0.4 is 0 Å². The van der Waals surface area contributed by atoms with Gasteiger partial charge in [-0.2, -0.15) is 4.98 Å². The number of hydrogen-bond acceptors (Lipinski definition) is 5. The lowest BCUT2D eigenvalue weighted by atomic mass is 10.0. The molecule has 1 aliphatic heterocycles. The van der Waals surface area contributed by atoms with E-state index in [4.69, 9.17) is 4.52 Å². The number of rotatable bonds is 5. The molecule has 2 aliphatic rings.